The molecule has 15 nitrogen and oxygen atoms in total. The molecule has 15 heteroatoms. The second-order valence-electron chi connectivity index (χ2n) is 19.1. The van der Waals surface area contributed by atoms with Gasteiger partial charge < -0.3 is 28.7 Å². The van der Waals surface area contributed by atoms with Gasteiger partial charge in [0.2, 0.25) is 0 Å². The van der Waals surface area contributed by atoms with Crippen LogP contribution in [0.25, 0.3) is 11.4 Å². The van der Waals surface area contributed by atoms with E-state index in [1.54, 1.807) is 6.20 Å². The number of fused-ring (bicyclic) bond motifs is 3. The highest BCUT2D eigenvalue weighted by Crippen LogP contribution is 2.51. The van der Waals surface area contributed by atoms with Gasteiger partial charge in [-0.25, -0.2) is 33.1 Å². The molecule has 3 aromatic rings. The monoisotopic (exact) mass is 871 g/mol. The summed E-state index contributed by atoms with van der Waals surface area (Å²) in [5.74, 6) is 5.89. The Kier molecular flexibility index (Phi) is 14.0. The second kappa shape index (κ2) is 19.6. The molecule has 12 rings (SSSR count). The lowest BCUT2D eigenvalue weighted by molar-refractivity contribution is -0.151. The Morgan fingerprint density at radius 1 is 0.762 bits per heavy atom. The molecule has 11 atom stereocenters. The lowest BCUT2D eigenvalue weighted by atomic mass is 9.75. The largest absolute Gasteiger partial charge is 0.465 e. The number of ether oxygens (including phenoxy) is 5. The minimum Gasteiger partial charge on any atom is -0.465 e. The van der Waals surface area contributed by atoms with Crippen molar-refractivity contribution >= 4 is 11.9 Å². The summed E-state index contributed by atoms with van der Waals surface area (Å²) in [5.41, 5.74) is -0.457. The molecule has 4 saturated heterocycles. The van der Waals surface area contributed by atoms with E-state index in [-0.39, 0.29) is 56.5 Å². The van der Waals surface area contributed by atoms with Gasteiger partial charge in [0.1, 0.15) is 11.6 Å². The molecule has 4 aliphatic heterocycles. The molecule has 0 spiro atoms. The summed E-state index contributed by atoms with van der Waals surface area (Å²) in [5, 5.41) is 0. The van der Waals surface area contributed by atoms with Crippen LogP contribution in [0.5, 0.6) is 0 Å². The van der Waals surface area contributed by atoms with E-state index < -0.39 is 17.1 Å². The van der Waals surface area contributed by atoms with E-state index in [0.29, 0.717) is 68.0 Å². The van der Waals surface area contributed by atoms with Crippen molar-refractivity contribution in [2.75, 3.05) is 19.8 Å². The SMILES string of the molecule is C.C=C1OC(=O)C2CC(C)CCC12.O=C(OCC1CCC2CC2C1)C1CCC2OC2C1.O=c1n(CC2CC2)c(=O)n(CC2CO2)c(=O)n1CC1CO1.c1ccc(-c2ncc[nH]2)cc1. The van der Waals surface area contributed by atoms with E-state index in [0.717, 1.165) is 77.3 Å². The molecule has 11 unspecified atom stereocenters. The van der Waals surface area contributed by atoms with Crippen LogP contribution in [-0.2, 0) is 52.9 Å². The minimum absolute atomic E-state index is 0. The first-order valence-corrected chi connectivity index (χ1v) is 23.0. The summed E-state index contributed by atoms with van der Waals surface area (Å²) in [6.07, 6.45) is 17.9. The van der Waals surface area contributed by atoms with Crippen molar-refractivity contribution in [2.45, 2.75) is 135 Å². The number of nitrogens with one attached hydrogen (secondary N) is 1. The zero-order chi connectivity index (χ0) is 42.9. The summed E-state index contributed by atoms with van der Waals surface area (Å²) in [7, 11) is 0. The molecule has 0 bridgehead atoms. The van der Waals surface area contributed by atoms with Gasteiger partial charge in [0.05, 0.1) is 69.2 Å². The van der Waals surface area contributed by atoms with Crippen LogP contribution < -0.4 is 17.1 Å². The number of aromatic nitrogens is 5. The maximum absolute atomic E-state index is 12.4. The lowest BCUT2D eigenvalue weighted by Crippen LogP contribution is -2.55. The summed E-state index contributed by atoms with van der Waals surface area (Å²) in [6, 6.07) is 10.0. The van der Waals surface area contributed by atoms with Crippen LogP contribution in [0.3, 0.4) is 0 Å². The number of nitrogens with zero attached hydrogens (tertiary/aromatic N) is 4. The predicted octanol–water partition coefficient (Wildman–Crippen LogP) is 5.73. The topological polar surface area (TPSA) is 185 Å². The highest BCUT2D eigenvalue weighted by molar-refractivity contribution is 5.77. The highest BCUT2D eigenvalue weighted by atomic mass is 16.6. The van der Waals surface area contributed by atoms with Crippen LogP contribution in [0.1, 0.15) is 91.4 Å². The molecular weight excluding hydrogens is 807 g/mol. The zero-order valence-electron chi connectivity index (χ0n) is 35.8. The summed E-state index contributed by atoms with van der Waals surface area (Å²) in [6.45, 7) is 8.58. The fourth-order valence-electron chi connectivity index (χ4n) is 9.83. The number of aromatic amines is 1. The minimum atomic E-state index is -0.553. The first-order valence-electron chi connectivity index (χ1n) is 23.0. The Morgan fingerprint density at radius 2 is 1.43 bits per heavy atom. The van der Waals surface area contributed by atoms with Crippen LogP contribution in [-0.4, -0.2) is 79.8 Å². The van der Waals surface area contributed by atoms with Gasteiger partial charge in [-0.3, -0.25) is 9.59 Å². The first-order chi connectivity index (χ1) is 30.1. The molecule has 9 fully saturated rings. The molecule has 5 aliphatic carbocycles. The van der Waals surface area contributed by atoms with Crippen LogP contribution in [0, 0.1) is 47.3 Å². The molecule has 1 aromatic carbocycles. The number of allylic oxidation sites excluding steroid dienone is 1. The molecular formula is C48H65N5O10. The van der Waals surface area contributed by atoms with Crippen LogP contribution in [0.15, 0.2) is 69.4 Å². The normalized spacial score (nSPS) is 32.4. The van der Waals surface area contributed by atoms with Crippen LogP contribution in [0.4, 0.5) is 0 Å². The maximum Gasteiger partial charge on any atom is 0.336 e. The number of hydrogen-bond acceptors (Lipinski definition) is 11. The van der Waals surface area contributed by atoms with Gasteiger partial charge in [-0.2, -0.15) is 0 Å². The first kappa shape index (κ1) is 45.0. The molecule has 63 heavy (non-hydrogen) atoms. The third-order valence-corrected chi connectivity index (χ3v) is 14.2. The van der Waals surface area contributed by atoms with Crippen molar-refractivity contribution in [3.8, 4) is 11.4 Å². The smallest absolute Gasteiger partial charge is 0.336 e. The Hall–Kier alpha value is -4.60. The zero-order valence-corrected chi connectivity index (χ0v) is 35.8. The number of cyclic esters (lactones) is 1. The molecule has 2 aromatic heterocycles. The van der Waals surface area contributed by atoms with Gasteiger partial charge in [-0.1, -0.05) is 51.3 Å². The fraction of sp³-hybridized carbons (Fsp3) is 0.667. The molecule has 342 valence electrons. The number of imidazole rings is 1. The predicted molar refractivity (Wildman–Crippen MR) is 233 cm³/mol. The van der Waals surface area contributed by atoms with Crippen molar-refractivity contribution < 1.29 is 33.3 Å². The lowest BCUT2D eigenvalue weighted by Gasteiger charge is -2.25. The van der Waals surface area contributed by atoms with E-state index in [9.17, 15) is 24.0 Å². The average Bonchev–Trinajstić information content (AvgIpc) is 4.02. The average molecular weight is 872 g/mol. The molecule has 0 amide bonds. The van der Waals surface area contributed by atoms with E-state index in [2.05, 4.69) is 23.5 Å². The molecule has 5 saturated carbocycles. The number of carbonyl (C=O) groups is 2. The number of carbonyl (C=O) groups excluding carboxylic acids is 2. The number of hydrogen-bond donors (Lipinski definition) is 1. The Bertz CT molecular complexity index is 2110. The van der Waals surface area contributed by atoms with Gasteiger partial charge in [-0.05, 0) is 107 Å². The highest BCUT2D eigenvalue weighted by Gasteiger charge is 2.47. The van der Waals surface area contributed by atoms with E-state index >= 15 is 0 Å². The van der Waals surface area contributed by atoms with Crippen molar-refractivity contribution in [3.63, 3.8) is 0 Å². The molecule has 0 radical (unpaired) electrons. The molecule has 6 heterocycles. The summed E-state index contributed by atoms with van der Waals surface area (Å²) >= 11 is 0. The van der Waals surface area contributed by atoms with Crippen molar-refractivity contribution in [1.82, 2.24) is 23.7 Å². The van der Waals surface area contributed by atoms with Gasteiger partial charge in [0, 0.05) is 30.4 Å². The van der Waals surface area contributed by atoms with Gasteiger partial charge in [0.15, 0.2) is 0 Å². The number of esters is 2. The standard InChI is InChI=1S/C15H22O3.C13H17N3O5.C10H14O2.C9H8N2.CH4/c16-15(11-3-4-13-14(7-11)18-13)17-8-9-1-2-10-6-12(10)5-9;17-11-14(3-8-1-2-8)12(18)16(5-10-7-21-10)13(19)15(11)4-9-6-20-9;1-6-3-4-8-7(2)12-10(11)9(8)5-6;1-2-4-8(5-3-1)9-10-6-7-11-9;/h9-14H,1-8H2;8-10H,1-7H2;6,8-9H,2-5H2,1H3;1-7H,(H,10,11);1H4. The van der Waals surface area contributed by atoms with Gasteiger partial charge >= 0.3 is 29.0 Å². The van der Waals surface area contributed by atoms with E-state index in [4.69, 9.17) is 23.7 Å². The number of epoxide rings is 3. The summed E-state index contributed by atoms with van der Waals surface area (Å²) in [4.78, 5) is 67.7. The second-order valence-corrected chi connectivity index (χ2v) is 19.1. The van der Waals surface area contributed by atoms with E-state index in [1.165, 1.54) is 36.7 Å². The molecule has 1 N–H and O–H groups in total. The Morgan fingerprint density at radius 3 is 2.03 bits per heavy atom. The Balaban J connectivity index is 0.000000119. The van der Waals surface area contributed by atoms with Crippen molar-refractivity contribution in [3.05, 3.63) is 86.5 Å². The van der Waals surface area contributed by atoms with Crippen LogP contribution >= 0.6 is 0 Å². The fourth-order valence-corrected chi connectivity index (χ4v) is 9.83. The Labute approximate surface area is 368 Å². The quantitative estimate of drug-likeness (QED) is 0.194. The van der Waals surface area contributed by atoms with Gasteiger partial charge in [-0.15, -0.1) is 0 Å². The third kappa shape index (κ3) is 11.6. The third-order valence-electron chi connectivity index (χ3n) is 14.2. The molecule has 9 aliphatic rings. The van der Waals surface area contributed by atoms with Crippen molar-refractivity contribution in [1.29, 1.82) is 0 Å². The van der Waals surface area contributed by atoms with Crippen LogP contribution in [0.2, 0.25) is 0 Å². The number of rotatable bonds is 10. The van der Waals surface area contributed by atoms with E-state index in [1.807, 2.05) is 36.5 Å². The van der Waals surface area contributed by atoms with Gasteiger partial charge in [0.25, 0.3) is 0 Å². The summed E-state index contributed by atoms with van der Waals surface area (Å²) < 4.78 is 29.7. The number of benzene rings is 1. The number of H-pyrrole nitrogens is 1. The van der Waals surface area contributed by atoms with Crippen molar-refractivity contribution in [2.24, 2.45) is 47.3 Å². The maximum atomic E-state index is 12.4.